The second-order valence-electron chi connectivity index (χ2n) is 7.26. The number of rotatable bonds is 4. The van der Waals surface area contributed by atoms with Crippen molar-refractivity contribution in [3.8, 4) is 17.2 Å². The Labute approximate surface area is 173 Å². The van der Waals surface area contributed by atoms with Crippen LogP contribution in [0, 0.1) is 6.92 Å². The molecule has 0 fully saturated rings. The van der Waals surface area contributed by atoms with Gasteiger partial charge in [0.2, 0.25) is 6.23 Å². The van der Waals surface area contributed by atoms with E-state index in [2.05, 4.69) is 12.1 Å². The maximum absolute atomic E-state index is 10.4. The third kappa shape index (κ3) is 3.04. The third-order valence-corrected chi connectivity index (χ3v) is 6.23. The summed E-state index contributed by atoms with van der Waals surface area (Å²) in [7, 11) is 0. The minimum absolute atomic E-state index is 0.0289. The Bertz CT molecular complexity index is 1080. The number of ether oxygens (including phenoxy) is 2. The number of phenolic OH excluding ortho intramolecular Hbond substituents is 1. The van der Waals surface area contributed by atoms with Crippen LogP contribution in [0.5, 0.6) is 17.2 Å². The van der Waals surface area contributed by atoms with E-state index in [1.165, 1.54) is 0 Å². The van der Waals surface area contributed by atoms with Gasteiger partial charge in [0, 0.05) is 17.5 Å². The standard InChI is InChI=1S/C23H22N2O3S/c1-3-27-20-7-4-6-15-18-13-17(16-12-14(2)9-10-19(16)26)24-25(18)23(28-22(15)20)21-8-5-11-29-21/h4-12,18,23,26H,3,13H2,1-2H3/t18-,23+/m0/s1. The number of thiophene rings is 1. The zero-order valence-corrected chi connectivity index (χ0v) is 17.1. The van der Waals surface area contributed by atoms with E-state index in [-0.39, 0.29) is 18.0 Å². The molecule has 3 heterocycles. The SMILES string of the molecule is CCOc1cccc2c1O[C@H](c1cccs1)N1N=C(c3cc(C)ccc3O)C[C@@H]21. The maximum Gasteiger partial charge on any atom is 0.223 e. The summed E-state index contributed by atoms with van der Waals surface area (Å²) in [6.07, 6.45) is 0.378. The van der Waals surface area contributed by atoms with Gasteiger partial charge in [0.15, 0.2) is 11.5 Å². The molecule has 2 aliphatic heterocycles. The van der Waals surface area contributed by atoms with Gasteiger partial charge in [-0.1, -0.05) is 29.8 Å². The van der Waals surface area contributed by atoms with Crippen LogP contribution in [0.25, 0.3) is 0 Å². The highest BCUT2D eigenvalue weighted by Gasteiger charge is 2.42. The smallest absolute Gasteiger partial charge is 0.223 e. The number of aromatic hydroxyl groups is 1. The average molecular weight is 407 g/mol. The molecular formula is C23H22N2O3S. The minimum Gasteiger partial charge on any atom is -0.507 e. The number of aryl methyl sites for hydroxylation is 1. The summed E-state index contributed by atoms with van der Waals surface area (Å²) in [4.78, 5) is 1.09. The first kappa shape index (κ1) is 18.1. The van der Waals surface area contributed by atoms with Gasteiger partial charge in [-0.3, -0.25) is 0 Å². The van der Waals surface area contributed by atoms with Gasteiger partial charge in [-0.25, -0.2) is 5.01 Å². The molecular weight excluding hydrogens is 384 g/mol. The lowest BCUT2D eigenvalue weighted by molar-refractivity contribution is -0.0188. The second-order valence-corrected chi connectivity index (χ2v) is 8.24. The summed E-state index contributed by atoms with van der Waals surface area (Å²) in [6, 6.07) is 15.8. The Morgan fingerprint density at radius 1 is 1.24 bits per heavy atom. The number of benzene rings is 2. The van der Waals surface area contributed by atoms with Gasteiger partial charge in [-0.2, -0.15) is 5.10 Å². The molecule has 2 aliphatic rings. The Hall–Kier alpha value is -2.99. The lowest BCUT2D eigenvalue weighted by Gasteiger charge is -2.38. The molecule has 2 atom stereocenters. The van der Waals surface area contributed by atoms with Crippen molar-refractivity contribution < 1.29 is 14.6 Å². The fraction of sp³-hybridized carbons (Fsp3) is 0.261. The monoisotopic (exact) mass is 406 g/mol. The van der Waals surface area contributed by atoms with Crippen molar-refractivity contribution in [1.82, 2.24) is 5.01 Å². The van der Waals surface area contributed by atoms with Crippen molar-refractivity contribution in [2.75, 3.05) is 6.61 Å². The maximum atomic E-state index is 10.4. The number of fused-ring (bicyclic) bond motifs is 3. The van der Waals surface area contributed by atoms with E-state index in [4.69, 9.17) is 14.6 Å². The normalized spacial score (nSPS) is 19.9. The molecule has 0 bridgehead atoms. The predicted molar refractivity (Wildman–Crippen MR) is 114 cm³/mol. The van der Waals surface area contributed by atoms with E-state index in [0.717, 1.165) is 38.8 Å². The molecule has 0 spiro atoms. The molecule has 6 heteroatoms. The first-order valence-electron chi connectivity index (χ1n) is 9.77. The van der Waals surface area contributed by atoms with Gasteiger partial charge in [0.1, 0.15) is 5.75 Å². The van der Waals surface area contributed by atoms with Crippen molar-refractivity contribution in [1.29, 1.82) is 0 Å². The van der Waals surface area contributed by atoms with Gasteiger partial charge < -0.3 is 14.6 Å². The van der Waals surface area contributed by atoms with E-state index in [1.54, 1.807) is 17.4 Å². The highest BCUT2D eigenvalue weighted by Crippen LogP contribution is 2.51. The number of hydrogen-bond donors (Lipinski definition) is 1. The summed E-state index contributed by atoms with van der Waals surface area (Å²) in [5, 5.41) is 19.4. The van der Waals surface area contributed by atoms with Crippen molar-refractivity contribution in [2.45, 2.75) is 32.5 Å². The summed E-state index contributed by atoms with van der Waals surface area (Å²) >= 11 is 1.65. The number of nitrogens with zero attached hydrogens (tertiary/aromatic N) is 2. The number of hydrazone groups is 1. The lowest BCUT2D eigenvalue weighted by Crippen LogP contribution is -2.33. The van der Waals surface area contributed by atoms with Gasteiger partial charge >= 0.3 is 0 Å². The van der Waals surface area contributed by atoms with Gasteiger partial charge in [-0.05, 0) is 43.5 Å². The first-order chi connectivity index (χ1) is 14.2. The Balaban J connectivity index is 1.62. The summed E-state index contributed by atoms with van der Waals surface area (Å²) in [6.45, 7) is 4.58. The van der Waals surface area contributed by atoms with Crippen LogP contribution in [0.2, 0.25) is 0 Å². The number of para-hydroxylation sites is 1. The van der Waals surface area contributed by atoms with E-state index in [9.17, 15) is 5.11 Å². The molecule has 0 saturated heterocycles. The molecule has 0 amide bonds. The molecule has 1 N–H and O–H groups in total. The van der Waals surface area contributed by atoms with Crippen molar-refractivity contribution >= 4 is 17.0 Å². The summed E-state index contributed by atoms with van der Waals surface area (Å²) < 4.78 is 12.3. The molecule has 2 aromatic carbocycles. The van der Waals surface area contributed by atoms with Crippen LogP contribution in [0.15, 0.2) is 59.0 Å². The van der Waals surface area contributed by atoms with Crippen molar-refractivity contribution in [3.05, 3.63) is 75.5 Å². The zero-order chi connectivity index (χ0) is 20.0. The zero-order valence-electron chi connectivity index (χ0n) is 16.3. The topological polar surface area (TPSA) is 54.3 Å². The van der Waals surface area contributed by atoms with Crippen LogP contribution in [0.1, 0.15) is 47.2 Å². The molecule has 29 heavy (non-hydrogen) atoms. The van der Waals surface area contributed by atoms with Crippen molar-refractivity contribution in [2.24, 2.45) is 5.10 Å². The largest absolute Gasteiger partial charge is 0.507 e. The molecule has 0 saturated carbocycles. The van der Waals surface area contributed by atoms with Crippen LogP contribution < -0.4 is 9.47 Å². The Kier molecular flexibility index (Phi) is 4.43. The van der Waals surface area contributed by atoms with Gasteiger partial charge in [0.25, 0.3) is 0 Å². The van der Waals surface area contributed by atoms with Crippen LogP contribution >= 0.6 is 11.3 Å². The molecule has 3 aromatic rings. The molecule has 0 radical (unpaired) electrons. The summed E-state index contributed by atoms with van der Waals surface area (Å²) in [5.74, 6) is 1.81. The first-order valence-corrected chi connectivity index (χ1v) is 10.6. The third-order valence-electron chi connectivity index (χ3n) is 5.33. The van der Waals surface area contributed by atoms with E-state index in [1.807, 2.05) is 54.6 Å². The quantitative estimate of drug-likeness (QED) is 0.630. The van der Waals surface area contributed by atoms with E-state index < -0.39 is 0 Å². The predicted octanol–water partition coefficient (Wildman–Crippen LogP) is 5.40. The summed E-state index contributed by atoms with van der Waals surface area (Å²) in [5.41, 5.74) is 3.81. The van der Waals surface area contributed by atoms with Crippen LogP contribution in [-0.2, 0) is 0 Å². The lowest BCUT2D eigenvalue weighted by atomic mass is 9.95. The molecule has 148 valence electrons. The minimum atomic E-state index is -0.321. The highest BCUT2D eigenvalue weighted by molar-refractivity contribution is 7.10. The second kappa shape index (κ2) is 7.12. The van der Waals surface area contributed by atoms with Crippen LogP contribution in [-0.4, -0.2) is 22.4 Å². The van der Waals surface area contributed by atoms with Gasteiger partial charge in [-0.15, -0.1) is 11.3 Å². The van der Waals surface area contributed by atoms with Crippen molar-refractivity contribution in [3.63, 3.8) is 0 Å². The Morgan fingerprint density at radius 3 is 2.93 bits per heavy atom. The van der Waals surface area contributed by atoms with E-state index >= 15 is 0 Å². The molecule has 1 aromatic heterocycles. The average Bonchev–Trinajstić information content (AvgIpc) is 3.40. The molecule has 0 aliphatic carbocycles. The number of phenols is 1. The fourth-order valence-electron chi connectivity index (χ4n) is 4.02. The van der Waals surface area contributed by atoms with Crippen LogP contribution in [0.3, 0.4) is 0 Å². The highest BCUT2D eigenvalue weighted by atomic mass is 32.1. The molecule has 5 rings (SSSR count). The molecule has 0 unspecified atom stereocenters. The number of hydrogen-bond acceptors (Lipinski definition) is 6. The fourth-order valence-corrected chi connectivity index (χ4v) is 4.76. The van der Waals surface area contributed by atoms with E-state index in [0.29, 0.717) is 13.0 Å². The van der Waals surface area contributed by atoms with Gasteiger partial charge in [0.05, 0.1) is 23.2 Å². The Morgan fingerprint density at radius 2 is 2.14 bits per heavy atom. The molecule has 5 nitrogen and oxygen atoms in total. The van der Waals surface area contributed by atoms with Crippen LogP contribution in [0.4, 0.5) is 0 Å².